The molecule has 4 aromatic rings. The van der Waals surface area contributed by atoms with Crippen molar-refractivity contribution in [3.05, 3.63) is 66.2 Å². The Morgan fingerprint density at radius 2 is 1.83 bits per heavy atom. The van der Waals surface area contributed by atoms with Crippen LogP contribution < -0.4 is 5.73 Å². The van der Waals surface area contributed by atoms with Crippen LogP contribution in [0.15, 0.2) is 60.0 Å². The van der Waals surface area contributed by atoms with Crippen LogP contribution in [0.1, 0.15) is 23.6 Å². The fourth-order valence-corrected chi connectivity index (χ4v) is 4.10. The third-order valence-corrected chi connectivity index (χ3v) is 5.68. The number of anilines is 1. The number of nitrogens with two attached hydrogens (primary N) is 1. The van der Waals surface area contributed by atoms with Gasteiger partial charge >= 0.3 is 6.18 Å². The van der Waals surface area contributed by atoms with Gasteiger partial charge in [0.05, 0.1) is 22.7 Å². The molecule has 1 aromatic carbocycles. The summed E-state index contributed by atoms with van der Waals surface area (Å²) in [6.45, 7) is 1.85. The topological polar surface area (TPSA) is 69.6 Å². The molecule has 3 aromatic heterocycles. The zero-order valence-corrected chi connectivity index (χ0v) is 17.0. The van der Waals surface area contributed by atoms with Gasteiger partial charge in [0, 0.05) is 30.3 Å². The first-order valence-electron chi connectivity index (χ1n) is 9.11. The third kappa shape index (κ3) is 3.97. The van der Waals surface area contributed by atoms with E-state index in [4.69, 9.17) is 5.73 Å². The summed E-state index contributed by atoms with van der Waals surface area (Å²) < 4.78 is 41.1. The zero-order chi connectivity index (χ0) is 21.5. The van der Waals surface area contributed by atoms with Crippen molar-refractivity contribution in [2.75, 3.05) is 5.73 Å². The van der Waals surface area contributed by atoms with Gasteiger partial charge in [0.1, 0.15) is 5.82 Å². The normalized spacial score (nSPS) is 13.0. The minimum absolute atomic E-state index is 0.0342. The predicted molar refractivity (Wildman–Crippen MR) is 112 cm³/mol. The summed E-state index contributed by atoms with van der Waals surface area (Å²) in [4.78, 5) is 12.1. The summed E-state index contributed by atoms with van der Waals surface area (Å²) in [6, 6.07) is 12.7. The molecule has 3 heterocycles. The van der Waals surface area contributed by atoms with Crippen LogP contribution in [0.5, 0.6) is 0 Å². The van der Waals surface area contributed by atoms with Crippen molar-refractivity contribution < 1.29 is 13.2 Å². The van der Waals surface area contributed by atoms with Gasteiger partial charge in [-0.25, -0.2) is 9.97 Å². The van der Waals surface area contributed by atoms with E-state index in [-0.39, 0.29) is 16.2 Å². The lowest BCUT2D eigenvalue weighted by molar-refractivity contribution is -0.141. The largest absolute Gasteiger partial charge is 0.433 e. The van der Waals surface area contributed by atoms with E-state index in [9.17, 15) is 13.2 Å². The van der Waals surface area contributed by atoms with Crippen LogP contribution >= 0.6 is 11.8 Å². The molecule has 0 aliphatic carbocycles. The average molecular weight is 429 g/mol. The standard InChI is InChI=1S/C21H18F3N5S/c1-12(30-20-27-18(21(22,23)24)9-19(25)28-20)16-8-14-15(13-6-4-3-5-7-13)11-29(2)17(14)10-26-16/h3-12H,1-2H3,(H2,25,27,28). The smallest absolute Gasteiger partial charge is 0.384 e. The summed E-state index contributed by atoms with van der Waals surface area (Å²) in [5.41, 5.74) is 8.32. The Morgan fingerprint density at radius 1 is 1.10 bits per heavy atom. The highest BCUT2D eigenvalue weighted by Gasteiger charge is 2.33. The number of aromatic nitrogens is 4. The maximum absolute atomic E-state index is 13.0. The second-order valence-corrected chi connectivity index (χ2v) is 8.17. The highest BCUT2D eigenvalue weighted by Crippen LogP contribution is 2.37. The molecule has 0 saturated carbocycles. The van der Waals surface area contributed by atoms with E-state index in [1.807, 2.05) is 61.1 Å². The second kappa shape index (κ2) is 7.64. The van der Waals surface area contributed by atoms with Crippen molar-refractivity contribution in [3.8, 4) is 11.1 Å². The van der Waals surface area contributed by atoms with Crippen molar-refractivity contribution in [2.45, 2.75) is 23.5 Å². The van der Waals surface area contributed by atoms with Crippen LogP contribution in [0.3, 0.4) is 0 Å². The Labute approximate surface area is 175 Å². The molecule has 30 heavy (non-hydrogen) atoms. The number of alkyl halides is 3. The maximum Gasteiger partial charge on any atom is 0.433 e. The molecule has 0 spiro atoms. The summed E-state index contributed by atoms with van der Waals surface area (Å²) in [5.74, 6) is -0.218. The molecule has 1 unspecified atom stereocenters. The number of fused-ring (bicyclic) bond motifs is 1. The van der Waals surface area contributed by atoms with Gasteiger partial charge in [-0.2, -0.15) is 13.2 Å². The van der Waals surface area contributed by atoms with E-state index >= 15 is 0 Å². The van der Waals surface area contributed by atoms with Gasteiger partial charge in [-0.1, -0.05) is 42.1 Å². The van der Waals surface area contributed by atoms with E-state index in [1.54, 1.807) is 6.20 Å². The molecule has 1 atom stereocenters. The van der Waals surface area contributed by atoms with Crippen LogP contribution in [0.4, 0.5) is 19.0 Å². The van der Waals surface area contributed by atoms with Crippen molar-refractivity contribution in [1.82, 2.24) is 19.5 Å². The van der Waals surface area contributed by atoms with Gasteiger partial charge in [0.25, 0.3) is 0 Å². The van der Waals surface area contributed by atoms with Gasteiger partial charge in [-0.05, 0) is 18.6 Å². The number of nitrogens with zero attached hydrogens (tertiary/aromatic N) is 4. The van der Waals surface area contributed by atoms with E-state index < -0.39 is 11.9 Å². The Morgan fingerprint density at radius 3 is 2.53 bits per heavy atom. The fraction of sp³-hybridized carbons (Fsp3) is 0.190. The quantitative estimate of drug-likeness (QED) is 0.343. The summed E-state index contributed by atoms with van der Waals surface area (Å²) in [6.07, 6.45) is -0.767. The van der Waals surface area contributed by atoms with Crippen molar-refractivity contribution in [3.63, 3.8) is 0 Å². The minimum atomic E-state index is -4.58. The van der Waals surface area contributed by atoms with Gasteiger partial charge in [-0.3, -0.25) is 4.98 Å². The number of halogens is 3. The Kier molecular flexibility index (Phi) is 5.15. The molecule has 2 N–H and O–H groups in total. The lowest BCUT2D eigenvalue weighted by atomic mass is 10.0. The molecule has 9 heteroatoms. The summed E-state index contributed by atoms with van der Waals surface area (Å²) in [7, 11) is 1.95. The van der Waals surface area contributed by atoms with Crippen molar-refractivity contribution >= 4 is 28.5 Å². The lowest BCUT2D eigenvalue weighted by Crippen LogP contribution is -2.11. The Bertz CT molecular complexity index is 1200. The number of aryl methyl sites for hydroxylation is 1. The van der Waals surface area contributed by atoms with Crippen LogP contribution in [0.2, 0.25) is 0 Å². The molecule has 0 amide bonds. The fourth-order valence-electron chi connectivity index (χ4n) is 3.22. The Hall–Kier alpha value is -3.07. The first-order chi connectivity index (χ1) is 14.2. The predicted octanol–water partition coefficient (Wildman–Crippen LogP) is 5.48. The van der Waals surface area contributed by atoms with Crippen molar-refractivity contribution in [2.24, 2.45) is 7.05 Å². The third-order valence-electron chi connectivity index (χ3n) is 4.70. The molecular weight excluding hydrogens is 411 g/mol. The second-order valence-electron chi connectivity index (χ2n) is 6.86. The number of pyridine rings is 1. The van der Waals surface area contributed by atoms with E-state index in [0.717, 1.165) is 45.6 Å². The monoisotopic (exact) mass is 429 g/mol. The first kappa shape index (κ1) is 20.2. The molecule has 5 nitrogen and oxygen atoms in total. The number of hydrogen-bond donors (Lipinski definition) is 1. The number of hydrogen-bond acceptors (Lipinski definition) is 5. The van der Waals surface area contributed by atoms with Gasteiger partial charge in [0.15, 0.2) is 10.9 Å². The molecule has 0 bridgehead atoms. The van der Waals surface area contributed by atoms with Gasteiger partial charge < -0.3 is 10.3 Å². The number of nitrogen functional groups attached to an aromatic ring is 1. The van der Waals surface area contributed by atoms with Crippen LogP contribution in [-0.2, 0) is 13.2 Å². The molecule has 0 fully saturated rings. The van der Waals surface area contributed by atoms with E-state index in [1.165, 1.54) is 0 Å². The molecule has 154 valence electrons. The number of rotatable bonds is 4. The summed E-state index contributed by atoms with van der Waals surface area (Å²) in [5, 5.41) is 0.708. The first-order valence-corrected chi connectivity index (χ1v) is 9.99. The molecular formula is C21H18F3N5S. The average Bonchev–Trinajstić information content (AvgIpc) is 3.03. The SMILES string of the molecule is CC(Sc1nc(N)cc(C(F)(F)F)n1)c1cc2c(-c3ccccc3)cn(C)c2cn1. The zero-order valence-electron chi connectivity index (χ0n) is 16.2. The minimum Gasteiger partial charge on any atom is -0.384 e. The van der Waals surface area contributed by atoms with Crippen LogP contribution in [-0.4, -0.2) is 19.5 Å². The molecule has 0 saturated heterocycles. The molecule has 0 aliphatic rings. The maximum atomic E-state index is 13.0. The molecule has 4 rings (SSSR count). The van der Waals surface area contributed by atoms with Crippen LogP contribution in [0.25, 0.3) is 22.0 Å². The number of benzene rings is 1. The van der Waals surface area contributed by atoms with Crippen LogP contribution in [0, 0.1) is 0 Å². The Balaban J connectivity index is 1.69. The number of thioether (sulfide) groups is 1. The highest BCUT2D eigenvalue weighted by molar-refractivity contribution is 7.99. The molecule has 0 aliphatic heterocycles. The lowest BCUT2D eigenvalue weighted by Gasteiger charge is -2.12. The summed E-state index contributed by atoms with van der Waals surface area (Å²) >= 11 is 1.09. The van der Waals surface area contributed by atoms with Gasteiger partial charge in [-0.15, -0.1) is 0 Å². The highest BCUT2D eigenvalue weighted by atomic mass is 32.2. The molecule has 0 radical (unpaired) electrons. The van der Waals surface area contributed by atoms with Gasteiger partial charge in [0.2, 0.25) is 0 Å². The van der Waals surface area contributed by atoms with E-state index in [2.05, 4.69) is 15.0 Å². The van der Waals surface area contributed by atoms with Crippen molar-refractivity contribution in [1.29, 1.82) is 0 Å². The van der Waals surface area contributed by atoms with E-state index in [0.29, 0.717) is 0 Å².